The Kier molecular flexibility index (Phi) is 9.84. The third-order valence-electron chi connectivity index (χ3n) is 3.59. The number of nitrogens with two attached hydrogens (primary N) is 1. The maximum Gasteiger partial charge on any atom is 0.410 e. The van der Waals surface area contributed by atoms with Crippen molar-refractivity contribution in [1.29, 1.82) is 0 Å². The van der Waals surface area contributed by atoms with Gasteiger partial charge in [0.1, 0.15) is 6.61 Å². The summed E-state index contributed by atoms with van der Waals surface area (Å²) in [6, 6.07) is 3.45. The van der Waals surface area contributed by atoms with Crippen molar-refractivity contribution in [2.24, 2.45) is 5.73 Å². The molecule has 0 unspecified atom stereocenters. The van der Waals surface area contributed by atoms with Crippen LogP contribution in [0.4, 0.5) is 10.5 Å². The molecule has 9 nitrogen and oxygen atoms in total. The summed E-state index contributed by atoms with van der Waals surface area (Å²) in [6.45, 7) is 0.449. The number of hydrogen-bond acceptors (Lipinski definition) is 6. The van der Waals surface area contributed by atoms with Gasteiger partial charge in [-0.1, -0.05) is 0 Å². The van der Waals surface area contributed by atoms with E-state index < -0.39 is 23.0 Å². The molecule has 0 heterocycles. The van der Waals surface area contributed by atoms with Gasteiger partial charge in [-0.3, -0.25) is 14.9 Å². The van der Waals surface area contributed by atoms with E-state index in [1.54, 1.807) is 0 Å². The summed E-state index contributed by atoms with van der Waals surface area (Å²) in [4.78, 5) is 34.7. The molecule has 0 saturated heterocycles. The number of ether oxygens (including phenoxy) is 1. The summed E-state index contributed by atoms with van der Waals surface area (Å²) < 4.78 is 5.19. The van der Waals surface area contributed by atoms with Crippen molar-refractivity contribution in [3.63, 3.8) is 0 Å². The van der Waals surface area contributed by atoms with Gasteiger partial charge in [0.05, 0.1) is 11.3 Å². The predicted molar refractivity (Wildman–Crippen MR) is 100 cm³/mol. The molecular formula is C16H21Cl2N3O6. The van der Waals surface area contributed by atoms with Crippen molar-refractivity contribution in [3.8, 4) is 0 Å². The summed E-state index contributed by atoms with van der Waals surface area (Å²) in [5.41, 5.74) is 6.36. The van der Waals surface area contributed by atoms with Crippen LogP contribution in [0.25, 0.3) is 0 Å². The summed E-state index contributed by atoms with van der Waals surface area (Å²) in [7, 11) is 0. The Morgan fingerprint density at radius 2 is 1.93 bits per heavy atom. The van der Waals surface area contributed by atoms with Crippen molar-refractivity contribution in [1.82, 2.24) is 4.90 Å². The van der Waals surface area contributed by atoms with E-state index in [9.17, 15) is 19.7 Å². The van der Waals surface area contributed by atoms with Crippen LogP contribution in [-0.4, -0.2) is 57.9 Å². The van der Waals surface area contributed by atoms with E-state index in [2.05, 4.69) is 0 Å². The monoisotopic (exact) mass is 421 g/mol. The molecular weight excluding hydrogens is 401 g/mol. The van der Waals surface area contributed by atoms with Gasteiger partial charge in [0.25, 0.3) is 5.69 Å². The maximum absolute atomic E-state index is 12.0. The Bertz CT molecular complexity index is 668. The van der Waals surface area contributed by atoms with Crippen molar-refractivity contribution in [2.45, 2.75) is 25.5 Å². The first-order chi connectivity index (χ1) is 12.8. The number of nitro groups is 1. The first kappa shape index (κ1) is 22.9. The van der Waals surface area contributed by atoms with E-state index in [1.165, 1.54) is 23.1 Å². The molecule has 0 saturated carbocycles. The Labute approximate surface area is 166 Å². The van der Waals surface area contributed by atoms with Crippen LogP contribution in [0.15, 0.2) is 18.2 Å². The van der Waals surface area contributed by atoms with Gasteiger partial charge in [-0.25, -0.2) is 4.79 Å². The number of benzene rings is 1. The van der Waals surface area contributed by atoms with Gasteiger partial charge in [-0.2, -0.15) is 0 Å². The van der Waals surface area contributed by atoms with E-state index >= 15 is 0 Å². The quantitative estimate of drug-likeness (QED) is 0.317. The zero-order valence-electron chi connectivity index (χ0n) is 14.5. The highest BCUT2D eigenvalue weighted by molar-refractivity contribution is 6.18. The molecule has 27 heavy (non-hydrogen) atoms. The van der Waals surface area contributed by atoms with Crippen molar-refractivity contribution >= 4 is 41.0 Å². The molecule has 1 aromatic carbocycles. The van der Waals surface area contributed by atoms with Gasteiger partial charge in [-0.15, -0.1) is 23.2 Å². The molecule has 0 radical (unpaired) electrons. The Hall–Kier alpha value is -2.10. The number of halogens is 2. The number of aliphatic carboxylic acids is 1. The molecule has 0 aliphatic heterocycles. The number of carboxylic acids is 1. The predicted octanol–water partition coefficient (Wildman–Crippen LogP) is 2.36. The Morgan fingerprint density at radius 3 is 2.44 bits per heavy atom. The highest BCUT2D eigenvalue weighted by Gasteiger charge is 2.19. The number of carbonyl (C=O) groups is 2. The second kappa shape index (κ2) is 11.6. The third kappa shape index (κ3) is 7.98. The van der Waals surface area contributed by atoms with Gasteiger partial charge in [0.2, 0.25) is 0 Å². The summed E-state index contributed by atoms with van der Waals surface area (Å²) >= 11 is 11.3. The molecule has 0 aromatic heterocycles. The lowest BCUT2D eigenvalue weighted by molar-refractivity contribution is -0.385. The number of nitro benzene ring substituents is 1. The largest absolute Gasteiger partial charge is 0.481 e. The van der Waals surface area contributed by atoms with Crippen LogP contribution in [0.1, 0.15) is 17.5 Å². The summed E-state index contributed by atoms with van der Waals surface area (Å²) in [5, 5.41) is 20.0. The molecule has 0 spiro atoms. The average molecular weight is 422 g/mol. The fourth-order valence-electron chi connectivity index (χ4n) is 2.38. The standard InChI is InChI=1S/C16H21Cl2N3O6/c17-3-5-20(6-4-18)16(24)27-10-11-1-2-14(21(25)26)12(7-11)8-13(19)9-15(22)23/h1-2,7,13H,3-6,8-10,19H2,(H,22,23)/t13-/m1/s1. The minimum Gasteiger partial charge on any atom is -0.481 e. The molecule has 1 rings (SSSR count). The van der Waals surface area contributed by atoms with Crippen LogP contribution >= 0.6 is 23.2 Å². The fourth-order valence-corrected chi connectivity index (χ4v) is 2.79. The van der Waals surface area contributed by atoms with E-state index in [4.69, 9.17) is 38.8 Å². The van der Waals surface area contributed by atoms with Gasteiger partial charge in [0, 0.05) is 42.5 Å². The fraction of sp³-hybridized carbons (Fsp3) is 0.500. The number of carboxylic acid groups (broad SMARTS) is 1. The van der Waals surface area contributed by atoms with Crippen molar-refractivity contribution < 1.29 is 24.4 Å². The van der Waals surface area contributed by atoms with Crippen LogP contribution in [0.5, 0.6) is 0 Å². The summed E-state index contributed by atoms with van der Waals surface area (Å²) in [5.74, 6) is -0.626. The topological polar surface area (TPSA) is 136 Å². The lowest BCUT2D eigenvalue weighted by Gasteiger charge is -2.20. The maximum atomic E-state index is 12.0. The molecule has 150 valence electrons. The first-order valence-electron chi connectivity index (χ1n) is 8.05. The van der Waals surface area contributed by atoms with Crippen LogP contribution in [0.3, 0.4) is 0 Å². The molecule has 0 bridgehead atoms. The van der Waals surface area contributed by atoms with E-state index in [0.29, 0.717) is 5.56 Å². The lowest BCUT2D eigenvalue weighted by Crippen LogP contribution is -2.34. The minimum atomic E-state index is -1.09. The normalized spacial score (nSPS) is 11.7. The third-order valence-corrected chi connectivity index (χ3v) is 3.93. The molecule has 0 aliphatic rings. The highest BCUT2D eigenvalue weighted by Crippen LogP contribution is 2.22. The molecule has 1 atom stereocenters. The SMILES string of the molecule is N[C@@H](CC(=O)O)Cc1cc(COC(=O)N(CCCl)CCCl)ccc1[N+](=O)[O-]. The zero-order chi connectivity index (χ0) is 20.4. The highest BCUT2D eigenvalue weighted by atomic mass is 35.5. The van der Waals surface area contributed by atoms with Crippen LogP contribution in [0.2, 0.25) is 0 Å². The lowest BCUT2D eigenvalue weighted by atomic mass is 10.0. The number of rotatable bonds is 11. The second-order valence-corrected chi connectivity index (χ2v) is 6.46. The molecule has 11 heteroatoms. The molecule has 0 fully saturated rings. The number of carbonyl (C=O) groups excluding carboxylic acids is 1. The van der Waals surface area contributed by atoms with Gasteiger partial charge < -0.3 is 20.5 Å². The Balaban J connectivity index is 2.86. The van der Waals surface area contributed by atoms with Gasteiger partial charge >= 0.3 is 12.1 Å². The number of nitrogens with zero attached hydrogens (tertiary/aromatic N) is 2. The van der Waals surface area contributed by atoms with Gasteiger partial charge in [-0.05, 0) is 24.1 Å². The smallest absolute Gasteiger partial charge is 0.410 e. The van der Waals surface area contributed by atoms with Crippen LogP contribution in [-0.2, 0) is 22.6 Å². The molecule has 3 N–H and O–H groups in total. The van der Waals surface area contributed by atoms with Gasteiger partial charge in [0.15, 0.2) is 0 Å². The number of hydrogen-bond donors (Lipinski definition) is 2. The Morgan fingerprint density at radius 1 is 1.30 bits per heavy atom. The van der Waals surface area contributed by atoms with Crippen molar-refractivity contribution in [3.05, 3.63) is 39.4 Å². The first-order valence-corrected chi connectivity index (χ1v) is 9.12. The molecule has 1 aromatic rings. The molecule has 0 aliphatic carbocycles. The molecule has 1 amide bonds. The number of amides is 1. The van der Waals surface area contributed by atoms with Crippen LogP contribution in [0, 0.1) is 10.1 Å². The van der Waals surface area contributed by atoms with E-state index in [1.807, 2.05) is 0 Å². The second-order valence-electron chi connectivity index (χ2n) is 5.70. The minimum absolute atomic E-state index is 0.00895. The van der Waals surface area contributed by atoms with E-state index in [0.717, 1.165) is 0 Å². The van der Waals surface area contributed by atoms with E-state index in [-0.39, 0.29) is 55.5 Å². The summed E-state index contributed by atoms with van der Waals surface area (Å²) in [6.07, 6.45) is -0.907. The van der Waals surface area contributed by atoms with Crippen molar-refractivity contribution in [2.75, 3.05) is 24.8 Å². The average Bonchev–Trinajstić information content (AvgIpc) is 2.58. The van der Waals surface area contributed by atoms with Crippen LogP contribution < -0.4 is 5.73 Å². The number of alkyl halides is 2. The zero-order valence-corrected chi connectivity index (χ0v) is 16.0.